The van der Waals surface area contributed by atoms with Gasteiger partial charge in [0.1, 0.15) is 12.4 Å². The van der Waals surface area contributed by atoms with Gasteiger partial charge >= 0.3 is 5.97 Å². The first kappa shape index (κ1) is 14.7. The maximum atomic E-state index is 13.5. The molecule has 2 aromatic rings. The van der Waals surface area contributed by atoms with Gasteiger partial charge in [0.05, 0.1) is 11.3 Å². The van der Waals surface area contributed by atoms with Gasteiger partial charge in [-0.25, -0.2) is 9.18 Å². The van der Waals surface area contributed by atoms with Crippen LogP contribution in [0.3, 0.4) is 0 Å². The zero-order valence-corrected chi connectivity index (χ0v) is 11.4. The van der Waals surface area contributed by atoms with Crippen LogP contribution in [0.15, 0.2) is 48.5 Å². The molecule has 108 valence electrons. The first-order chi connectivity index (χ1) is 10.1. The third-order valence-corrected chi connectivity index (χ3v) is 2.73. The first-order valence-electron chi connectivity index (χ1n) is 6.34. The topological polar surface area (TPSA) is 55.4 Å². The zero-order valence-electron chi connectivity index (χ0n) is 11.4. The van der Waals surface area contributed by atoms with E-state index in [9.17, 15) is 14.0 Å². The summed E-state index contributed by atoms with van der Waals surface area (Å²) >= 11 is 0. The molecule has 0 unspecified atom stereocenters. The van der Waals surface area contributed by atoms with Crippen LogP contribution in [0.4, 0.5) is 10.1 Å². The van der Waals surface area contributed by atoms with E-state index in [0.717, 1.165) is 11.6 Å². The number of rotatable bonds is 4. The van der Waals surface area contributed by atoms with Crippen molar-refractivity contribution in [3.8, 4) is 0 Å². The van der Waals surface area contributed by atoms with Crippen molar-refractivity contribution in [2.24, 2.45) is 0 Å². The average Bonchev–Trinajstić information content (AvgIpc) is 2.47. The summed E-state index contributed by atoms with van der Waals surface area (Å²) in [5, 5.41) is 2.32. The average molecular weight is 287 g/mol. The molecule has 2 rings (SSSR count). The maximum Gasteiger partial charge on any atom is 0.338 e. The van der Waals surface area contributed by atoms with E-state index in [4.69, 9.17) is 4.74 Å². The molecule has 5 heteroatoms. The van der Waals surface area contributed by atoms with E-state index < -0.39 is 17.7 Å². The van der Waals surface area contributed by atoms with Crippen molar-refractivity contribution in [3.05, 3.63) is 65.5 Å². The number of ether oxygens (including phenoxy) is 1. The molecule has 4 nitrogen and oxygen atoms in total. The Balaban J connectivity index is 2.07. The Morgan fingerprint density at radius 1 is 1.14 bits per heavy atom. The summed E-state index contributed by atoms with van der Waals surface area (Å²) in [5.41, 5.74) is 0.989. The van der Waals surface area contributed by atoms with E-state index in [1.54, 1.807) is 0 Å². The summed E-state index contributed by atoms with van der Waals surface area (Å²) in [6.07, 6.45) is 0. The minimum Gasteiger partial charge on any atom is -0.457 e. The van der Waals surface area contributed by atoms with Gasteiger partial charge in [-0.3, -0.25) is 4.79 Å². The number of nitrogens with one attached hydrogen (secondary N) is 1. The number of carbonyl (C=O) groups excluding carboxylic acids is 2. The van der Waals surface area contributed by atoms with Crippen LogP contribution in [0.2, 0.25) is 0 Å². The highest BCUT2D eigenvalue weighted by molar-refractivity contribution is 5.93. The first-order valence-corrected chi connectivity index (χ1v) is 6.34. The second-order valence-electron chi connectivity index (χ2n) is 4.44. The van der Waals surface area contributed by atoms with Crippen LogP contribution in [0.5, 0.6) is 0 Å². The third kappa shape index (κ3) is 4.14. The van der Waals surface area contributed by atoms with E-state index in [1.807, 2.05) is 30.3 Å². The van der Waals surface area contributed by atoms with Crippen molar-refractivity contribution in [2.45, 2.75) is 13.5 Å². The monoisotopic (exact) mass is 287 g/mol. The van der Waals surface area contributed by atoms with Gasteiger partial charge < -0.3 is 10.1 Å². The third-order valence-electron chi connectivity index (χ3n) is 2.73. The molecule has 2 aromatic carbocycles. The number of hydrogen-bond acceptors (Lipinski definition) is 3. The van der Waals surface area contributed by atoms with Gasteiger partial charge in [-0.1, -0.05) is 30.3 Å². The maximum absolute atomic E-state index is 13.5. The van der Waals surface area contributed by atoms with Crippen LogP contribution in [-0.2, 0) is 16.1 Å². The van der Waals surface area contributed by atoms with Crippen molar-refractivity contribution >= 4 is 17.6 Å². The summed E-state index contributed by atoms with van der Waals surface area (Å²) in [5.74, 6) is -1.60. The Morgan fingerprint density at radius 3 is 2.52 bits per heavy atom. The molecular formula is C16H14FNO3. The molecular weight excluding hydrogens is 273 g/mol. The van der Waals surface area contributed by atoms with E-state index in [2.05, 4.69) is 5.32 Å². The van der Waals surface area contributed by atoms with Crippen LogP contribution in [0.25, 0.3) is 0 Å². The highest BCUT2D eigenvalue weighted by atomic mass is 19.1. The minimum absolute atomic E-state index is 0.0448. The number of esters is 1. The van der Waals surface area contributed by atoms with Gasteiger partial charge in [-0.2, -0.15) is 0 Å². The molecule has 0 spiro atoms. The summed E-state index contributed by atoms with van der Waals surface area (Å²) in [4.78, 5) is 22.9. The second kappa shape index (κ2) is 6.65. The van der Waals surface area contributed by atoms with Crippen LogP contribution in [0, 0.1) is 5.82 Å². The fraction of sp³-hybridized carbons (Fsp3) is 0.125. The lowest BCUT2D eigenvalue weighted by atomic mass is 10.2. The minimum atomic E-state index is -0.607. The molecule has 0 fully saturated rings. The summed E-state index contributed by atoms with van der Waals surface area (Å²) in [6, 6.07) is 12.9. The van der Waals surface area contributed by atoms with E-state index in [-0.39, 0.29) is 17.9 Å². The molecule has 0 aliphatic heterocycles. The number of hydrogen-bond donors (Lipinski definition) is 1. The van der Waals surface area contributed by atoms with Gasteiger partial charge in [0.25, 0.3) is 0 Å². The van der Waals surface area contributed by atoms with Crippen LogP contribution >= 0.6 is 0 Å². The Hall–Kier alpha value is -2.69. The number of carbonyl (C=O) groups is 2. The van der Waals surface area contributed by atoms with Crippen molar-refractivity contribution in [1.29, 1.82) is 0 Å². The Kier molecular flexibility index (Phi) is 4.66. The normalized spacial score (nSPS) is 10.0. The number of amides is 1. The molecule has 21 heavy (non-hydrogen) atoms. The number of anilines is 1. The van der Waals surface area contributed by atoms with Crippen LogP contribution in [-0.4, -0.2) is 11.9 Å². The zero-order chi connectivity index (χ0) is 15.2. The Morgan fingerprint density at radius 2 is 1.86 bits per heavy atom. The van der Waals surface area contributed by atoms with Crippen molar-refractivity contribution < 1.29 is 18.7 Å². The van der Waals surface area contributed by atoms with Crippen LogP contribution in [0.1, 0.15) is 22.8 Å². The van der Waals surface area contributed by atoms with E-state index in [1.165, 1.54) is 19.1 Å². The van der Waals surface area contributed by atoms with E-state index in [0.29, 0.717) is 0 Å². The highest BCUT2D eigenvalue weighted by Gasteiger charge is 2.12. The summed E-state index contributed by atoms with van der Waals surface area (Å²) in [7, 11) is 0. The molecule has 0 heterocycles. The Bertz CT molecular complexity index is 656. The highest BCUT2D eigenvalue weighted by Crippen LogP contribution is 2.17. The molecule has 0 saturated carbocycles. The number of benzene rings is 2. The van der Waals surface area contributed by atoms with Gasteiger partial charge in [-0.15, -0.1) is 0 Å². The molecule has 0 aliphatic carbocycles. The second-order valence-corrected chi connectivity index (χ2v) is 4.44. The SMILES string of the molecule is CC(=O)Nc1cc(C(=O)OCc2ccccc2)ccc1F. The predicted octanol–water partition coefficient (Wildman–Crippen LogP) is 3.14. The van der Waals surface area contributed by atoms with Crippen molar-refractivity contribution in [2.75, 3.05) is 5.32 Å². The lowest BCUT2D eigenvalue weighted by molar-refractivity contribution is -0.114. The lowest BCUT2D eigenvalue weighted by Crippen LogP contribution is -2.10. The lowest BCUT2D eigenvalue weighted by Gasteiger charge is -2.08. The van der Waals surface area contributed by atoms with Crippen molar-refractivity contribution in [1.82, 2.24) is 0 Å². The Labute approximate surface area is 121 Å². The van der Waals surface area contributed by atoms with Gasteiger partial charge in [0.15, 0.2) is 0 Å². The quantitative estimate of drug-likeness (QED) is 0.879. The predicted molar refractivity (Wildman–Crippen MR) is 76.3 cm³/mol. The fourth-order valence-electron chi connectivity index (χ4n) is 1.74. The van der Waals surface area contributed by atoms with E-state index >= 15 is 0 Å². The molecule has 0 bridgehead atoms. The molecule has 1 N–H and O–H groups in total. The largest absolute Gasteiger partial charge is 0.457 e. The van der Waals surface area contributed by atoms with Crippen molar-refractivity contribution in [3.63, 3.8) is 0 Å². The molecule has 0 radical (unpaired) electrons. The summed E-state index contributed by atoms with van der Waals surface area (Å²) in [6.45, 7) is 1.40. The molecule has 0 atom stereocenters. The molecule has 0 aromatic heterocycles. The molecule has 0 saturated heterocycles. The fourth-order valence-corrected chi connectivity index (χ4v) is 1.74. The standard InChI is InChI=1S/C16H14FNO3/c1-11(19)18-15-9-13(7-8-14(15)17)16(20)21-10-12-5-3-2-4-6-12/h2-9H,10H2,1H3,(H,18,19). The molecule has 1 amide bonds. The van der Waals surface area contributed by atoms with Crippen LogP contribution < -0.4 is 5.32 Å². The smallest absolute Gasteiger partial charge is 0.338 e. The van der Waals surface area contributed by atoms with Gasteiger partial charge in [0, 0.05) is 6.92 Å². The van der Waals surface area contributed by atoms with Gasteiger partial charge in [-0.05, 0) is 23.8 Å². The van der Waals surface area contributed by atoms with Gasteiger partial charge in [0.2, 0.25) is 5.91 Å². The molecule has 0 aliphatic rings. The number of halogens is 1. The summed E-state index contributed by atoms with van der Waals surface area (Å²) < 4.78 is 18.6.